The third-order valence-corrected chi connectivity index (χ3v) is 3.73. The highest BCUT2D eigenvalue weighted by molar-refractivity contribution is 9.10. The first-order valence-electron chi connectivity index (χ1n) is 6.58. The normalized spacial score (nSPS) is 14.4. The fourth-order valence-corrected chi connectivity index (χ4v) is 2.15. The molecule has 0 radical (unpaired) electrons. The number of benzene rings is 1. The van der Waals surface area contributed by atoms with E-state index in [2.05, 4.69) is 21.2 Å². The molecule has 0 heterocycles. The van der Waals surface area contributed by atoms with Gasteiger partial charge in [-0.25, -0.2) is 0 Å². The van der Waals surface area contributed by atoms with E-state index in [1.54, 1.807) is 18.2 Å². The summed E-state index contributed by atoms with van der Waals surface area (Å²) in [4.78, 5) is 11.9. The number of nitrogen functional groups attached to an aromatic ring is 1. The number of ether oxygens (including phenoxy) is 1. The smallest absolute Gasteiger partial charge is 0.252 e. The molecular formula is C14H19BrN2O2. The summed E-state index contributed by atoms with van der Waals surface area (Å²) in [5.41, 5.74) is 6.83. The molecule has 19 heavy (non-hydrogen) atoms. The molecule has 1 aliphatic carbocycles. The number of amides is 1. The first kappa shape index (κ1) is 14.3. The zero-order valence-corrected chi connectivity index (χ0v) is 12.4. The lowest BCUT2D eigenvalue weighted by Gasteiger charge is -2.08. The summed E-state index contributed by atoms with van der Waals surface area (Å²) in [6, 6.07) is 5.21. The van der Waals surface area contributed by atoms with Crippen molar-refractivity contribution in [3.05, 3.63) is 28.2 Å². The molecule has 0 aliphatic heterocycles. The van der Waals surface area contributed by atoms with Crippen LogP contribution in [0.15, 0.2) is 22.7 Å². The lowest BCUT2D eigenvalue weighted by molar-refractivity contribution is 0.0936. The van der Waals surface area contributed by atoms with E-state index in [1.165, 1.54) is 12.8 Å². The average molecular weight is 327 g/mol. The van der Waals surface area contributed by atoms with Gasteiger partial charge in [-0.1, -0.05) is 0 Å². The number of anilines is 1. The van der Waals surface area contributed by atoms with Gasteiger partial charge in [0.25, 0.3) is 5.91 Å². The van der Waals surface area contributed by atoms with Crippen molar-refractivity contribution in [2.45, 2.75) is 19.3 Å². The number of nitrogens with two attached hydrogens (primary N) is 1. The quantitative estimate of drug-likeness (QED) is 0.598. The lowest BCUT2D eigenvalue weighted by atomic mass is 10.2. The van der Waals surface area contributed by atoms with Crippen LogP contribution in [-0.4, -0.2) is 25.7 Å². The van der Waals surface area contributed by atoms with E-state index in [4.69, 9.17) is 10.5 Å². The maximum Gasteiger partial charge on any atom is 0.252 e. The summed E-state index contributed by atoms with van der Waals surface area (Å²) in [6.45, 7) is 2.19. The second-order valence-electron chi connectivity index (χ2n) is 4.87. The van der Waals surface area contributed by atoms with Crippen LogP contribution in [0.5, 0.6) is 0 Å². The van der Waals surface area contributed by atoms with Gasteiger partial charge in [0.05, 0.1) is 5.56 Å². The largest absolute Gasteiger partial charge is 0.399 e. The Morgan fingerprint density at radius 1 is 1.47 bits per heavy atom. The third-order valence-electron chi connectivity index (χ3n) is 3.04. The summed E-state index contributed by atoms with van der Waals surface area (Å²) in [5.74, 6) is 0.680. The Kier molecular flexibility index (Phi) is 5.22. The maximum atomic E-state index is 11.9. The molecule has 0 saturated heterocycles. The van der Waals surface area contributed by atoms with Gasteiger partial charge in [-0.2, -0.15) is 0 Å². The molecule has 1 aromatic rings. The van der Waals surface area contributed by atoms with Crippen LogP contribution in [0.4, 0.5) is 5.69 Å². The number of carbonyl (C=O) groups is 1. The Morgan fingerprint density at radius 3 is 3.00 bits per heavy atom. The molecule has 0 bridgehead atoms. The predicted octanol–water partition coefficient (Wildman–Crippen LogP) is 2.58. The second-order valence-corrected chi connectivity index (χ2v) is 5.72. The van der Waals surface area contributed by atoms with Crippen molar-refractivity contribution < 1.29 is 9.53 Å². The van der Waals surface area contributed by atoms with Crippen molar-refractivity contribution >= 4 is 27.5 Å². The molecule has 0 aromatic heterocycles. The van der Waals surface area contributed by atoms with E-state index in [0.717, 1.165) is 23.4 Å². The maximum absolute atomic E-state index is 11.9. The average Bonchev–Trinajstić information content (AvgIpc) is 3.20. The number of rotatable bonds is 7. The fourth-order valence-electron chi connectivity index (χ4n) is 1.72. The fraction of sp³-hybridized carbons (Fsp3) is 0.500. The molecule has 1 saturated carbocycles. The Bertz CT molecular complexity index is 447. The molecule has 0 atom stereocenters. The summed E-state index contributed by atoms with van der Waals surface area (Å²) in [5, 5.41) is 2.87. The summed E-state index contributed by atoms with van der Waals surface area (Å²) in [6.07, 6.45) is 3.44. The molecule has 1 aromatic carbocycles. The predicted molar refractivity (Wildman–Crippen MR) is 79.0 cm³/mol. The van der Waals surface area contributed by atoms with Crippen LogP contribution in [0.3, 0.4) is 0 Å². The second kappa shape index (κ2) is 6.91. The van der Waals surface area contributed by atoms with Gasteiger partial charge < -0.3 is 15.8 Å². The minimum absolute atomic E-state index is 0.110. The first-order valence-corrected chi connectivity index (χ1v) is 7.37. The number of nitrogens with one attached hydrogen (secondary N) is 1. The molecule has 1 amide bonds. The van der Waals surface area contributed by atoms with Crippen molar-refractivity contribution in [1.82, 2.24) is 5.32 Å². The van der Waals surface area contributed by atoms with E-state index in [1.807, 2.05) is 0 Å². The molecular weight excluding hydrogens is 308 g/mol. The molecule has 5 heteroatoms. The molecule has 1 fully saturated rings. The van der Waals surface area contributed by atoms with Gasteiger partial charge in [0.1, 0.15) is 0 Å². The number of halogens is 1. The Labute approximate surface area is 121 Å². The number of carbonyl (C=O) groups excluding carboxylic acids is 1. The van der Waals surface area contributed by atoms with Crippen molar-refractivity contribution in [1.29, 1.82) is 0 Å². The zero-order chi connectivity index (χ0) is 13.7. The Balaban J connectivity index is 1.66. The van der Waals surface area contributed by atoms with Gasteiger partial charge in [0.15, 0.2) is 0 Å². The van der Waals surface area contributed by atoms with Crippen molar-refractivity contribution in [2.24, 2.45) is 5.92 Å². The molecule has 4 nitrogen and oxygen atoms in total. The van der Waals surface area contributed by atoms with Gasteiger partial charge in [0.2, 0.25) is 0 Å². The van der Waals surface area contributed by atoms with E-state index in [-0.39, 0.29) is 5.91 Å². The number of hydrogen-bond donors (Lipinski definition) is 2. The van der Waals surface area contributed by atoms with Crippen molar-refractivity contribution in [2.75, 3.05) is 25.5 Å². The third kappa shape index (κ3) is 4.84. The van der Waals surface area contributed by atoms with E-state index in [0.29, 0.717) is 24.4 Å². The van der Waals surface area contributed by atoms with E-state index in [9.17, 15) is 4.79 Å². The molecule has 2 rings (SSSR count). The lowest BCUT2D eigenvalue weighted by Crippen LogP contribution is -2.25. The van der Waals surface area contributed by atoms with Gasteiger partial charge in [-0.05, 0) is 59.3 Å². The van der Waals surface area contributed by atoms with Gasteiger partial charge in [-0.3, -0.25) is 4.79 Å². The first-order chi connectivity index (χ1) is 9.16. The highest BCUT2D eigenvalue weighted by Gasteiger charge is 2.20. The summed E-state index contributed by atoms with van der Waals surface area (Å²) in [7, 11) is 0. The van der Waals surface area contributed by atoms with Crippen LogP contribution in [0.25, 0.3) is 0 Å². The van der Waals surface area contributed by atoms with Crippen molar-refractivity contribution in [3.8, 4) is 0 Å². The van der Waals surface area contributed by atoms with E-state index >= 15 is 0 Å². The van der Waals surface area contributed by atoms with Gasteiger partial charge in [-0.15, -0.1) is 0 Å². The molecule has 1 aliphatic rings. The minimum atomic E-state index is -0.110. The highest BCUT2D eigenvalue weighted by atomic mass is 79.9. The SMILES string of the molecule is Nc1ccc(Br)c(C(=O)NCCCOCC2CC2)c1. The Hall–Kier alpha value is -1.07. The Morgan fingerprint density at radius 2 is 2.26 bits per heavy atom. The number of hydrogen-bond acceptors (Lipinski definition) is 3. The van der Waals surface area contributed by atoms with Crippen LogP contribution >= 0.6 is 15.9 Å². The van der Waals surface area contributed by atoms with Crippen LogP contribution in [0.1, 0.15) is 29.6 Å². The molecule has 104 valence electrons. The van der Waals surface area contributed by atoms with Gasteiger partial charge in [0, 0.05) is 29.9 Å². The van der Waals surface area contributed by atoms with Crippen LogP contribution in [-0.2, 0) is 4.74 Å². The van der Waals surface area contributed by atoms with Crippen molar-refractivity contribution in [3.63, 3.8) is 0 Å². The molecule has 0 spiro atoms. The monoisotopic (exact) mass is 326 g/mol. The standard InChI is InChI=1S/C14H19BrN2O2/c15-13-5-4-11(16)8-12(13)14(18)17-6-1-7-19-9-10-2-3-10/h4-5,8,10H,1-3,6-7,9,16H2,(H,17,18). The summed E-state index contributed by atoms with van der Waals surface area (Å²) < 4.78 is 6.26. The van der Waals surface area contributed by atoms with Gasteiger partial charge >= 0.3 is 0 Å². The zero-order valence-electron chi connectivity index (χ0n) is 10.8. The van der Waals surface area contributed by atoms with Crippen LogP contribution in [0.2, 0.25) is 0 Å². The van der Waals surface area contributed by atoms with E-state index < -0.39 is 0 Å². The topological polar surface area (TPSA) is 64.4 Å². The molecule has 3 N–H and O–H groups in total. The summed E-state index contributed by atoms with van der Waals surface area (Å²) >= 11 is 3.35. The highest BCUT2D eigenvalue weighted by Crippen LogP contribution is 2.28. The van der Waals surface area contributed by atoms with Crippen LogP contribution < -0.4 is 11.1 Å². The van der Waals surface area contributed by atoms with Crippen LogP contribution in [0, 0.1) is 5.92 Å². The minimum Gasteiger partial charge on any atom is -0.399 e. The molecule has 0 unspecified atom stereocenters.